The van der Waals surface area contributed by atoms with Crippen LogP contribution >= 0.6 is 0 Å². The van der Waals surface area contributed by atoms with Crippen molar-refractivity contribution in [1.82, 2.24) is 9.88 Å². The summed E-state index contributed by atoms with van der Waals surface area (Å²) in [6, 6.07) is 9.87. The number of carbonyl (C=O) groups excluding carboxylic acids is 1. The van der Waals surface area contributed by atoms with Crippen molar-refractivity contribution >= 4 is 22.9 Å². The molecule has 1 aliphatic heterocycles. The zero-order chi connectivity index (χ0) is 13.9. The molecule has 0 aliphatic carbocycles. The van der Waals surface area contributed by atoms with Gasteiger partial charge in [-0.25, -0.2) is 0 Å². The molecule has 2 heterocycles. The van der Waals surface area contributed by atoms with Crippen LogP contribution in [-0.2, 0) is 4.79 Å². The van der Waals surface area contributed by atoms with Gasteiger partial charge in [0.2, 0.25) is 0 Å². The number of hydrogen-bond donors (Lipinski definition) is 1. The van der Waals surface area contributed by atoms with Crippen molar-refractivity contribution in [3.8, 4) is 6.07 Å². The second-order valence-electron chi connectivity index (χ2n) is 4.99. The van der Waals surface area contributed by atoms with Crippen molar-refractivity contribution in [3.63, 3.8) is 0 Å². The predicted octanol–water partition coefficient (Wildman–Crippen LogP) is 2.70. The molecule has 2 aromatic rings. The van der Waals surface area contributed by atoms with Gasteiger partial charge in [0.15, 0.2) is 0 Å². The van der Waals surface area contributed by atoms with E-state index in [0.29, 0.717) is 0 Å². The van der Waals surface area contributed by atoms with Gasteiger partial charge in [-0.2, -0.15) is 5.26 Å². The Kier molecular flexibility index (Phi) is 3.26. The molecule has 1 amide bonds. The molecular formula is C16H15N3O. The van der Waals surface area contributed by atoms with Crippen LogP contribution in [0.2, 0.25) is 0 Å². The number of nitrogens with zero attached hydrogens (tertiary/aromatic N) is 2. The van der Waals surface area contributed by atoms with E-state index in [1.54, 1.807) is 11.0 Å². The summed E-state index contributed by atoms with van der Waals surface area (Å²) in [6.07, 6.45) is 5.59. The van der Waals surface area contributed by atoms with Crippen LogP contribution in [-0.4, -0.2) is 28.9 Å². The maximum Gasteiger partial charge on any atom is 0.264 e. The third-order valence-corrected chi connectivity index (χ3v) is 3.63. The highest BCUT2D eigenvalue weighted by atomic mass is 16.2. The Balaban J connectivity index is 1.91. The highest BCUT2D eigenvalue weighted by Crippen LogP contribution is 2.18. The number of carbonyl (C=O) groups is 1. The van der Waals surface area contributed by atoms with Crippen molar-refractivity contribution in [1.29, 1.82) is 5.26 Å². The van der Waals surface area contributed by atoms with Gasteiger partial charge in [0.05, 0.1) is 0 Å². The highest BCUT2D eigenvalue weighted by Gasteiger charge is 2.21. The number of benzene rings is 1. The molecule has 4 nitrogen and oxygen atoms in total. The highest BCUT2D eigenvalue weighted by molar-refractivity contribution is 6.02. The van der Waals surface area contributed by atoms with Crippen LogP contribution in [0.4, 0.5) is 0 Å². The summed E-state index contributed by atoms with van der Waals surface area (Å²) in [4.78, 5) is 17.1. The van der Waals surface area contributed by atoms with Crippen LogP contribution in [0.3, 0.4) is 0 Å². The first-order chi connectivity index (χ1) is 9.78. The van der Waals surface area contributed by atoms with Crippen LogP contribution in [0.1, 0.15) is 18.4 Å². The lowest BCUT2D eigenvalue weighted by atomic mass is 10.1. The monoisotopic (exact) mass is 265 g/mol. The summed E-state index contributed by atoms with van der Waals surface area (Å²) in [5, 5.41) is 10.3. The number of fused-ring (bicyclic) bond motifs is 1. The molecule has 0 unspecified atom stereocenters. The van der Waals surface area contributed by atoms with E-state index in [1.165, 1.54) is 0 Å². The SMILES string of the molecule is N#C/C(=C\c1ccc2cc[nH]c2c1)C(=O)N1CCCC1. The first-order valence-corrected chi connectivity index (χ1v) is 6.76. The minimum Gasteiger partial charge on any atom is -0.361 e. The molecule has 0 radical (unpaired) electrons. The topological polar surface area (TPSA) is 59.9 Å². The van der Waals surface area contributed by atoms with Gasteiger partial charge in [-0.05, 0) is 42.0 Å². The standard InChI is InChI=1S/C16H15N3O/c17-11-14(16(20)19-7-1-2-8-19)9-12-3-4-13-5-6-18-15(13)10-12/h3-6,9-10,18H,1-2,7-8H2/b14-9+. The fourth-order valence-corrected chi connectivity index (χ4v) is 2.55. The number of nitrogens with one attached hydrogen (secondary N) is 1. The minimum atomic E-state index is -0.156. The molecule has 3 rings (SSSR count). The zero-order valence-corrected chi connectivity index (χ0v) is 11.1. The number of rotatable bonds is 2. The summed E-state index contributed by atoms with van der Waals surface area (Å²) in [6.45, 7) is 1.51. The van der Waals surface area contributed by atoms with Crippen LogP contribution in [0.5, 0.6) is 0 Å². The van der Waals surface area contributed by atoms with E-state index in [0.717, 1.165) is 42.4 Å². The molecular weight excluding hydrogens is 250 g/mol. The van der Waals surface area contributed by atoms with Gasteiger partial charge in [0.1, 0.15) is 11.6 Å². The average molecular weight is 265 g/mol. The fraction of sp³-hybridized carbons (Fsp3) is 0.250. The van der Waals surface area contributed by atoms with E-state index >= 15 is 0 Å². The smallest absolute Gasteiger partial charge is 0.264 e. The molecule has 0 bridgehead atoms. The molecule has 1 N–H and O–H groups in total. The lowest BCUT2D eigenvalue weighted by Crippen LogP contribution is -2.28. The summed E-state index contributed by atoms with van der Waals surface area (Å²) in [5.41, 5.74) is 2.08. The number of aromatic amines is 1. The summed E-state index contributed by atoms with van der Waals surface area (Å²) < 4.78 is 0. The molecule has 4 heteroatoms. The molecule has 1 aliphatic rings. The first kappa shape index (κ1) is 12.5. The van der Waals surface area contributed by atoms with Crippen LogP contribution in [0.25, 0.3) is 17.0 Å². The summed E-state index contributed by atoms with van der Waals surface area (Å²) >= 11 is 0. The van der Waals surface area contributed by atoms with Crippen LogP contribution in [0.15, 0.2) is 36.0 Å². The second kappa shape index (κ2) is 5.22. The van der Waals surface area contributed by atoms with Gasteiger partial charge in [-0.3, -0.25) is 4.79 Å². The van der Waals surface area contributed by atoms with Crippen molar-refractivity contribution < 1.29 is 4.79 Å². The molecule has 1 aromatic heterocycles. The van der Waals surface area contributed by atoms with Crippen LogP contribution in [0, 0.1) is 11.3 Å². The predicted molar refractivity (Wildman–Crippen MR) is 77.7 cm³/mol. The largest absolute Gasteiger partial charge is 0.361 e. The Morgan fingerprint density at radius 2 is 2.10 bits per heavy atom. The second-order valence-corrected chi connectivity index (χ2v) is 4.99. The van der Waals surface area contributed by atoms with E-state index in [-0.39, 0.29) is 11.5 Å². The van der Waals surface area contributed by atoms with Gasteiger partial charge in [0, 0.05) is 24.8 Å². The maximum absolute atomic E-state index is 12.2. The number of likely N-dealkylation sites (tertiary alicyclic amines) is 1. The Labute approximate surface area is 117 Å². The maximum atomic E-state index is 12.2. The average Bonchev–Trinajstić information content (AvgIpc) is 3.14. The lowest BCUT2D eigenvalue weighted by Gasteiger charge is -2.14. The van der Waals surface area contributed by atoms with Crippen molar-refractivity contribution in [2.24, 2.45) is 0 Å². The zero-order valence-electron chi connectivity index (χ0n) is 11.1. The number of nitriles is 1. The van der Waals surface area contributed by atoms with Gasteiger partial charge < -0.3 is 9.88 Å². The van der Waals surface area contributed by atoms with Crippen molar-refractivity contribution in [2.75, 3.05) is 13.1 Å². The normalized spacial score (nSPS) is 15.6. The number of H-pyrrole nitrogens is 1. The fourth-order valence-electron chi connectivity index (χ4n) is 2.55. The lowest BCUT2D eigenvalue weighted by molar-refractivity contribution is -0.125. The van der Waals surface area contributed by atoms with Crippen LogP contribution < -0.4 is 0 Å². The molecule has 100 valence electrons. The Hall–Kier alpha value is -2.54. The number of aromatic nitrogens is 1. The van der Waals surface area contributed by atoms with Gasteiger partial charge in [-0.15, -0.1) is 0 Å². The summed E-state index contributed by atoms with van der Waals surface area (Å²) in [5.74, 6) is -0.156. The molecule has 1 fully saturated rings. The van der Waals surface area contributed by atoms with E-state index in [4.69, 9.17) is 0 Å². The molecule has 0 spiro atoms. The summed E-state index contributed by atoms with van der Waals surface area (Å²) in [7, 11) is 0. The quantitative estimate of drug-likeness (QED) is 0.670. The third kappa shape index (κ3) is 2.30. The first-order valence-electron chi connectivity index (χ1n) is 6.76. The molecule has 0 saturated carbocycles. The molecule has 1 aromatic carbocycles. The third-order valence-electron chi connectivity index (χ3n) is 3.63. The van der Waals surface area contributed by atoms with Crippen molar-refractivity contribution in [3.05, 3.63) is 41.6 Å². The number of amides is 1. The van der Waals surface area contributed by atoms with Gasteiger partial charge in [0.25, 0.3) is 5.91 Å². The number of hydrogen-bond acceptors (Lipinski definition) is 2. The van der Waals surface area contributed by atoms with E-state index in [1.807, 2.05) is 36.5 Å². The van der Waals surface area contributed by atoms with E-state index < -0.39 is 0 Å². The Bertz CT molecular complexity index is 715. The minimum absolute atomic E-state index is 0.156. The van der Waals surface area contributed by atoms with Gasteiger partial charge >= 0.3 is 0 Å². The van der Waals surface area contributed by atoms with Crippen molar-refractivity contribution in [2.45, 2.75) is 12.8 Å². The van der Waals surface area contributed by atoms with E-state index in [9.17, 15) is 10.1 Å². The molecule has 20 heavy (non-hydrogen) atoms. The molecule has 1 saturated heterocycles. The molecule has 0 atom stereocenters. The van der Waals surface area contributed by atoms with Gasteiger partial charge in [-0.1, -0.05) is 12.1 Å². The Morgan fingerprint density at radius 3 is 2.85 bits per heavy atom. The Morgan fingerprint density at radius 1 is 1.30 bits per heavy atom. The van der Waals surface area contributed by atoms with E-state index in [2.05, 4.69) is 4.98 Å².